The molecule has 0 radical (unpaired) electrons. The first-order valence-electron chi connectivity index (χ1n) is 7.44. The minimum absolute atomic E-state index is 0.777. The molecule has 0 saturated carbocycles. The van der Waals surface area contributed by atoms with Gasteiger partial charge in [-0.3, -0.25) is 0 Å². The lowest BCUT2D eigenvalue weighted by Gasteiger charge is -2.29. The highest BCUT2D eigenvalue weighted by Gasteiger charge is 2.32. The van der Waals surface area contributed by atoms with E-state index in [1.165, 1.54) is 45.1 Å². The van der Waals surface area contributed by atoms with Crippen LogP contribution in [-0.4, -0.2) is 38.4 Å². The lowest BCUT2D eigenvalue weighted by molar-refractivity contribution is 0.185. The van der Waals surface area contributed by atoms with Gasteiger partial charge in [0, 0.05) is 25.2 Å². The Morgan fingerprint density at radius 1 is 1.06 bits per heavy atom. The zero-order valence-corrected chi connectivity index (χ0v) is 10.8. The summed E-state index contributed by atoms with van der Waals surface area (Å²) < 4.78 is 5.39. The normalized spacial score (nSPS) is 40.9. The van der Waals surface area contributed by atoms with E-state index >= 15 is 0 Å². The van der Waals surface area contributed by atoms with Crippen molar-refractivity contribution in [2.45, 2.75) is 50.6 Å². The quantitative estimate of drug-likeness (QED) is 0.713. The van der Waals surface area contributed by atoms with Gasteiger partial charge < -0.3 is 15.4 Å². The van der Waals surface area contributed by atoms with Crippen molar-refractivity contribution >= 4 is 0 Å². The van der Waals surface area contributed by atoms with Crippen LogP contribution in [0.5, 0.6) is 0 Å². The number of ether oxygens (including phenoxy) is 1. The number of hydrogen-bond donors (Lipinski definition) is 2. The minimum Gasteiger partial charge on any atom is -0.381 e. The van der Waals surface area contributed by atoms with Crippen LogP contribution in [-0.2, 0) is 4.74 Å². The van der Waals surface area contributed by atoms with Crippen LogP contribution >= 0.6 is 0 Å². The monoisotopic (exact) mass is 238 g/mol. The van der Waals surface area contributed by atoms with Crippen LogP contribution in [0.4, 0.5) is 0 Å². The van der Waals surface area contributed by atoms with Crippen molar-refractivity contribution in [2.75, 3.05) is 26.3 Å². The van der Waals surface area contributed by atoms with Gasteiger partial charge in [-0.25, -0.2) is 0 Å². The van der Waals surface area contributed by atoms with Gasteiger partial charge in [0.2, 0.25) is 0 Å². The first-order chi connectivity index (χ1) is 8.40. The number of fused-ring (bicyclic) bond motifs is 2. The van der Waals surface area contributed by atoms with Crippen LogP contribution < -0.4 is 10.6 Å². The zero-order valence-electron chi connectivity index (χ0n) is 10.8. The highest BCUT2D eigenvalue weighted by Crippen LogP contribution is 2.32. The second-order valence-corrected chi connectivity index (χ2v) is 6.20. The molecule has 2 bridgehead atoms. The van der Waals surface area contributed by atoms with Crippen LogP contribution in [0.3, 0.4) is 0 Å². The summed E-state index contributed by atoms with van der Waals surface area (Å²) in [6.07, 6.45) is 8.32. The van der Waals surface area contributed by atoms with Gasteiger partial charge in [0.05, 0.1) is 6.61 Å². The third-order valence-corrected chi connectivity index (χ3v) is 4.76. The molecule has 17 heavy (non-hydrogen) atoms. The molecular weight excluding hydrogens is 212 g/mol. The zero-order chi connectivity index (χ0) is 11.5. The van der Waals surface area contributed by atoms with E-state index in [2.05, 4.69) is 10.6 Å². The topological polar surface area (TPSA) is 33.3 Å². The van der Waals surface area contributed by atoms with Crippen molar-refractivity contribution in [1.29, 1.82) is 0 Å². The van der Waals surface area contributed by atoms with E-state index in [4.69, 9.17) is 4.74 Å². The summed E-state index contributed by atoms with van der Waals surface area (Å²) >= 11 is 0. The van der Waals surface area contributed by atoms with Crippen LogP contribution in [0.2, 0.25) is 0 Å². The highest BCUT2D eigenvalue weighted by molar-refractivity contribution is 4.91. The molecule has 0 aliphatic carbocycles. The predicted octanol–water partition coefficient (Wildman–Crippen LogP) is 1.53. The van der Waals surface area contributed by atoms with Gasteiger partial charge in [0.25, 0.3) is 0 Å². The molecule has 3 heteroatoms. The van der Waals surface area contributed by atoms with E-state index in [0.717, 1.165) is 43.7 Å². The molecule has 3 unspecified atom stereocenters. The van der Waals surface area contributed by atoms with Crippen LogP contribution in [0.1, 0.15) is 38.5 Å². The maximum atomic E-state index is 5.39. The molecule has 3 rings (SSSR count). The van der Waals surface area contributed by atoms with Crippen LogP contribution in [0.15, 0.2) is 0 Å². The fourth-order valence-electron chi connectivity index (χ4n) is 3.77. The van der Waals surface area contributed by atoms with Gasteiger partial charge in [0.1, 0.15) is 0 Å². The summed E-state index contributed by atoms with van der Waals surface area (Å²) in [4.78, 5) is 0. The molecule has 0 spiro atoms. The smallest absolute Gasteiger partial charge is 0.0507 e. The van der Waals surface area contributed by atoms with Crippen molar-refractivity contribution in [1.82, 2.24) is 10.6 Å². The molecule has 3 heterocycles. The molecule has 0 aromatic rings. The van der Waals surface area contributed by atoms with Crippen LogP contribution in [0.25, 0.3) is 0 Å². The summed E-state index contributed by atoms with van der Waals surface area (Å²) in [7, 11) is 0. The van der Waals surface area contributed by atoms with E-state index in [1.54, 1.807) is 0 Å². The fraction of sp³-hybridized carbons (Fsp3) is 1.00. The highest BCUT2D eigenvalue weighted by atomic mass is 16.5. The first-order valence-corrected chi connectivity index (χ1v) is 7.44. The van der Waals surface area contributed by atoms with Gasteiger partial charge in [-0.05, 0) is 56.9 Å². The maximum absolute atomic E-state index is 5.39. The number of nitrogens with one attached hydrogen (secondary N) is 2. The molecule has 3 saturated heterocycles. The van der Waals surface area contributed by atoms with Crippen molar-refractivity contribution in [3.8, 4) is 0 Å². The minimum atomic E-state index is 0.777. The Bertz CT molecular complexity index is 228. The van der Waals surface area contributed by atoms with Crippen molar-refractivity contribution in [3.63, 3.8) is 0 Å². The molecule has 3 atom stereocenters. The van der Waals surface area contributed by atoms with Gasteiger partial charge in [-0.2, -0.15) is 0 Å². The number of piperidine rings is 1. The third kappa shape index (κ3) is 3.21. The Kier molecular flexibility index (Phi) is 3.99. The van der Waals surface area contributed by atoms with E-state index in [9.17, 15) is 0 Å². The lowest BCUT2D eigenvalue weighted by atomic mass is 9.90. The Morgan fingerprint density at radius 3 is 2.59 bits per heavy atom. The Hall–Kier alpha value is -0.120. The average Bonchev–Trinajstić information content (AvgIpc) is 2.95. The van der Waals surface area contributed by atoms with Gasteiger partial charge in [0.15, 0.2) is 0 Å². The van der Waals surface area contributed by atoms with E-state index in [-0.39, 0.29) is 0 Å². The fourth-order valence-corrected chi connectivity index (χ4v) is 3.77. The van der Waals surface area contributed by atoms with E-state index in [0.29, 0.717) is 0 Å². The number of rotatable bonds is 5. The van der Waals surface area contributed by atoms with Crippen molar-refractivity contribution in [2.24, 2.45) is 11.8 Å². The molecule has 3 aliphatic heterocycles. The molecule has 2 N–H and O–H groups in total. The molecule has 0 aromatic heterocycles. The molecule has 98 valence electrons. The predicted molar refractivity (Wildman–Crippen MR) is 69.1 cm³/mol. The Morgan fingerprint density at radius 2 is 1.88 bits per heavy atom. The molecule has 0 amide bonds. The third-order valence-electron chi connectivity index (χ3n) is 4.76. The molecule has 3 nitrogen and oxygen atoms in total. The summed E-state index contributed by atoms with van der Waals surface area (Å²) in [5, 5.41) is 7.34. The second kappa shape index (κ2) is 5.68. The second-order valence-electron chi connectivity index (χ2n) is 6.20. The summed E-state index contributed by atoms with van der Waals surface area (Å²) in [6, 6.07) is 1.70. The largest absolute Gasteiger partial charge is 0.381 e. The Balaban J connectivity index is 1.29. The molecule has 0 aromatic carbocycles. The van der Waals surface area contributed by atoms with Crippen molar-refractivity contribution < 1.29 is 4.74 Å². The maximum Gasteiger partial charge on any atom is 0.0507 e. The molecule has 3 fully saturated rings. The number of hydrogen-bond acceptors (Lipinski definition) is 3. The molecule has 3 aliphatic rings. The lowest BCUT2D eigenvalue weighted by Crippen LogP contribution is -2.39. The van der Waals surface area contributed by atoms with E-state index < -0.39 is 0 Å². The summed E-state index contributed by atoms with van der Waals surface area (Å²) in [6.45, 7) is 4.33. The van der Waals surface area contributed by atoms with Crippen LogP contribution in [0, 0.1) is 11.8 Å². The van der Waals surface area contributed by atoms with E-state index in [1.807, 2.05) is 0 Å². The van der Waals surface area contributed by atoms with Gasteiger partial charge in [-0.15, -0.1) is 0 Å². The van der Waals surface area contributed by atoms with Gasteiger partial charge >= 0.3 is 0 Å². The Labute approximate surface area is 105 Å². The molecular formula is C14H26N2O. The standard InChI is InChI=1S/C14H26N2O/c1-2-14-8-11(7-13(1)16-14)3-5-15-9-12-4-6-17-10-12/h11-16H,1-10H2. The van der Waals surface area contributed by atoms with Gasteiger partial charge in [-0.1, -0.05) is 0 Å². The average molecular weight is 238 g/mol. The summed E-state index contributed by atoms with van der Waals surface area (Å²) in [5.74, 6) is 1.75. The summed E-state index contributed by atoms with van der Waals surface area (Å²) in [5.41, 5.74) is 0. The first kappa shape index (κ1) is 11.9. The SMILES string of the molecule is C(CC1CC2CCC(C1)N2)NCC1CCOC1. The van der Waals surface area contributed by atoms with Crippen molar-refractivity contribution in [3.05, 3.63) is 0 Å².